The van der Waals surface area contributed by atoms with Crippen molar-refractivity contribution in [3.05, 3.63) is 29.8 Å². The molecule has 1 amide bonds. The molecule has 0 bridgehead atoms. The minimum atomic E-state index is 0.0460. The van der Waals surface area contributed by atoms with Crippen molar-refractivity contribution in [1.82, 2.24) is 10.6 Å². The van der Waals surface area contributed by atoms with Crippen LogP contribution in [0.25, 0.3) is 0 Å². The van der Waals surface area contributed by atoms with E-state index in [0.29, 0.717) is 24.8 Å². The summed E-state index contributed by atoms with van der Waals surface area (Å²) in [6, 6.07) is 7.87. The van der Waals surface area contributed by atoms with Crippen molar-refractivity contribution in [3.8, 4) is 0 Å². The Morgan fingerprint density at radius 1 is 1.26 bits per heavy atom. The Kier molecular flexibility index (Phi) is 12.0. The van der Waals surface area contributed by atoms with Crippen LogP contribution in [-0.4, -0.2) is 51.4 Å². The number of hydrogen-bond donors (Lipinski definition) is 3. The highest BCUT2D eigenvalue weighted by atomic mass is 16.5. The van der Waals surface area contributed by atoms with Crippen LogP contribution in [0, 0.1) is 11.8 Å². The second-order valence-electron chi connectivity index (χ2n) is 8.45. The molecule has 0 spiro atoms. The van der Waals surface area contributed by atoms with Gasteiger partial charge in [0.05, 0.1) is 6.54 Å². The Hall–Kier alpha value is -2.12. The van der Waals surface area contributed by atoms with Gasteiger partial charge in [-0.25, -0.2) is 4.99 Å². The molecule has 0 unspecified atom stereocenters. The number of aliphatic imine (C=N–C) groups is 1. The molecule has 7 heteroatoms. The maximum atomic E-state index is 12.0. The third-order valence-corrected chi connectivity index (χ3v) is 5.02. The van der Waals surface area contributed by atoms with Gasteiger partial charge in [-0.2, -0.15) is 0 Å². The van der Waals surface area contributed by atoms with Crippen LogP contribution in [0.2, 0.25) is 0 Å². The van der Waals surface area contributed by atoms with Crippen LogP contribution in [0.5, 0.6) is 0 Å². The van der Waals surface area contributed by atoms with Crippen molar-refractivity contribution in [2.75, 3.05) is 44.8 Å². The van der Waals surface area contributed by atoms with Gasteiger partial charge >= 0.3 is 0 Å². The molecule has 0 aromatic heterocycles. The van der Waals surface area contributed by atoms with E-state index in [-0.39, 0.29) is 5.91 Å². The average molecular weight is 433 g/mol. The summed E-state index contributed by atoms with van der Waals surface area (Å²) in [5.41, 5.74) is 1.87. The van der Waals surface area contributed by atoms with E-state index in [0.717, 1.165) is 76.0 Å². The fourth-order valence-electron chi connectivity index (χ4n) is 3.39. The smallest absolute Gasteiger partial charge is 0.224 e. The topological polar surface area (TPSA) is 84.0 Å². The van der Waals surface area contributed by atoms with E-state index in [2.05, 4.69) is 27.9 Å². The van der Waals surface area contributed by atoms with Gasteiger partial charge in [0.2, 0.25) is 5.91 Å². The van der Waals surface area contributed by atoms with Crippen LogP contribution < -0.4 is 16.0 Å². The third-order valence-electron chi connectivity index (χ3n) is 5.02. The molecule has 0 saturated carbocycles. The molecule has 1 aliphatic rings. The van der Waals surface area contributed by atoms with E-state index in [4.69, 9.17) is 9.47 Å². The van der Waals surface area contributed by atoms with E-state index in [9.17, 15) is 4.79 Å². The first-order valence-electron chi connectivity index (χ1n) is 11.6. The van der Waals surface area contributed by atoms with Crippen LogP contribution in [-0.2, 0) is 20.8 Å². The lowest BCUT2D eigenvalue weighted by Crippen LogP contribution is -2.38. The zero-order chi connectivity index (χ0) is 22.3. The molecule has 1 aliphatic heterocycles. The molecule has 0 aliphatic carbocycles. The number of benzene rings is 1. The van der Waals surface area contributed by atoms with Gasteiger partial charge in [-0.1, -0.05) is 26.0 Å². The quantitative estimate of drug-likeness (QED) is 0.267. The molecule has 1 aromatic rings. The summed E-state index contributed by atoms with van der Waals surface area (Å²) >= 11 is 0. The molecular weight excluding hydrogens is 392 g/mol. The molecule has 1 aromatic carbocycles. The van der Waals surface area contributed by atoms with E-state index in [1.54, 1.807) is 0 Å². The highest BCUT2D eigenvalue weighted by molar-refractivity contribution is 5.90. The molecule has 7 nitrogen and oxygen atoms in total. The first kappa shape index (κ1) is 25.1. The number of anilines is 1. The van der Waals surface area contributed by atoms with Gasteiger partial charge in [0.25, 0.3) is 0 Å². The lowest BCUT2D eigenvalue weighted by Gasteiger charge is -2.21. The lowest BCUT2D eigenvalue weighted by atomic mass is 10.0. The summed E-state index contributed by atoms with van der Waals surface area (Å²) in [5, 5.41) is 9.61. The zero-order valence-corrected chi connectivity index (χ0v) is 19.4. The molecule has 31 heavy (non-hydrogen) atoms. The van der Waals surface area contributed by atoms with Crippen molar-refractivity contribution >= 4 is 17.6 Å². The van der Waals surface area contributed by atoms with Crippen molar-refractivity contribution in [2.24, 2.45) is 16.8 Å². The molecule has 174 valence electrons. The second kappa shape index (κ2) is 14.8. The molecule has 1 fully saturated rings. The van der Waals surface area contributed by atoms with Gasteiger partial charge in [0.1, 0.15) is 0 Å². The number of nitrogens with zero attached hydrogens (tertiary/aromatic N) is 1. The predicted octanol–water partition coefficient (Wildman–Crippen LogP) is 3.56. The number of hydrogen-bond acceptors (Lipinski definition) is 4. The Balaban J connectivity index is 1.72. The van der Waals surface area contributed by atoms with Gasteiger partial charge in [0.15, 0.2) is 5.96 Å². The summed E-state index contributed by atoms with van der Waals surface area (Å²) in [6.07, 6.45) is 3.68. The first-order chi connectivity index (χ1) is 15.1. The molecule has 3 N–H and O–H groups in total. The number of amides is 1. The summed E-state index contributed by atoms with van der Waals surface area (Å²) in [5.74, 6) is 1.83. The summed E-state index contributed by atoms with van der Waals surface area (Å²) < 4.78 is 11.2. The minimum Gasteiger partial charge on any atom is -0.381 e. The Morgan fingerprint density at radius 2 is 2.06 bits per heavy atom. The Labute approximate surface area is 187 Å². The summed E-state index contributed by atoms with van der Waals surface area (Å²) in [4.78, 5) is 16.7. The number of guanidine groups is 1. The Morgan fingerprint density at radius 3 is 2.81 bits per heavy atom. The van der Waals surface area contributed by atoms with Crippen molar-refractivity contribution in [1.29, 1.82) is 0 Å². The third kappa shape index (κ3) is 11.2. The average Bonchev–Trinajstić information content (AvgIpc) is 2.74. The normalized spacial score (nSPS) is 15.2. The second-order valence-corrected chi connectivity index (χ2v) is 8.45. The van der Waals surface area contributed by atoms with Crippen molar-refractivity contribution < 1.29 is 14.3 Å². The molecule has 1 heterocycles. The maximum absolute atomic E-state index is 12.0. The molecule has 1 saturated heterocycles. The van der Waals surface area contributed by atoms with Crippen LogP contribution in [0.3, 0.4) is 0 Å². The lowest BCUT2D eigenvalue weighted by molar-refractivity contribution is -0.116. The number of carbonyl (C=O) groups excluding carboxylic acids is 1. The highest BCUT2D eigenvalue weighted by Gasteiger charge is 2.13. The zero-order valence-electron chi connectivity index (χ0n) is 19.4. The van der Waals surface area contributed by atoms with Crippen LogP contribution in [0.1, 0.15) is 52.0 Å². The van der Waals surface area contributed by atoms with E-state index in [1.165, 1.54) is 0 Å². The van der Waals surface area contributed by atoms with Crippen molar-refractivity contribution in [2.45, 2.75) is 53.0 Å². The highest BCUT2D eigenvalue weighted by Crippen LogP contribution is 2.15. The van der Waals surface area contributed by atoms with E-state index >= 15 is 0 Å². The molecular formula is C24H40N4O3. The number of ether oxygens (including phenoxy) is 2. The fraction of sp³-hybridized carbons (Fsp3) is 0.667. The molecule has 2 rings (SSSR count). The van der Waals surface area contributed by atoms with E-state index < -0.39 is 0 Å². The monoisotopic (exact) mass is 432 g/mol. The number of rotatable bonds is 12. The maximum Gasteiger partial charge on any atom is 0.224 e. The van der Waals surface area contributed by atoms with Crippen LogP contribution >= 0.6 is 0 Å². The van der Waals surface area contributed by atoms with Gasteiger partial charge in [0, 0.05) is 51.6 Å². The largest absolute Gasteiger partial charge is 0.381 e. The van der Waals surface area contributed by atoms with Gasteiger partial charge in [-0.3, -0.25) is 4.79 Å². The SMILES string of the molecule is CCNC(=NCc1cccc(NC(=O)CC(C)C)c1)NCCCOCC1CCOCC1. The number of carbonyl (C=O) groups is 1. The predicted molar refractivity (Wildman–Crippen MR) is 126 cm³/mol. The standard InChI is InChI=1S/C24H40N4O3/c1-4-25-24(26-11-6-12-31-18-20-9-13-30-14-10-20)27-17-21-7-5-8-22(16-21)28-23(29)15-19(2)3/h5,7-8,16,19-20H,4,6,9-15,17-18H2,1-3H3,(H,28,29)(H2,25,26,27). The van der Waals surface area contributed by atoms with Crippen LogP contribution in [0.15, 0.2) is 29.3 Å². The fourth-order valence-corrected chi connectivity index (χ4v) is 3.39. The first-order valence-corrected chi connectivity index (χ1v) is 11.6. The summed E-state index contributed by atoms with van der Waals surface area (Å²) in [7, 11) is 0. The van der Waals surface area contributed by atoms with Gasteiger partial charge in [-0.15, -0.1) is 0 Å². The molecule has 0 atom stereocenters. The summed E-state index contributed by atoms with van der Waals surface area (Å²) in [6.45, 7) is 11.6. The number of nitrogens with one attached hydrogen (secondary N) is 3. The van der Waals surface area contributed by atoms with Crippen molar-refractivity contribution in [3.63, 3.8) is 0 Å². The van der Waals surface area contributed by atoms with Gasteiger partial charge < -0.3 is 25.4 Å². The minimum absolute atomic E-state index is 0.0460. The van der Waals surface area contributed by atoms with Crippen LogP contribution in [0.4, 0.5) is 5.69 Å². The van der Waals surface area contributed by atoms with E-state index in [1.807, 2.05) is 38.1 Å². The van der Waals surface area contributed by atoms with Gasteiger partial charge in [-0.05, 0) is 55.7 Å². The molecule has 0 radical (unpaired) electrons. The Bertz CT molecular complexity index is 673.